The second-order valence-corrected chi connectivity index (χ2v) is 6.28. The summed E-state index contributed by atoms with van der Waals surface area (Å²) >= 11 is 1.89. The molecule has 0 radical (unpaired) electrons. The molecule has 0 bridgehead atoms. The standard InChI is InChI=1S/C15H21NO2S/c1-10-13(7-4-8-14(10)17)15(18)16-11-5-3-6-12(9-11)19-2/h4,7-8,11-12,17H,3,5-6,9H2,1-2H3,(H,16,18). The van der Waals surface area contributed by atoms with Crippen molar-refractivity contribution in [3.05, 3.63) is 29.3 Å². The summed E-state index contributed by atoms with van der Waals surface area (Å²) in [4.78, 5) is 12.3. The number of hydrogen-bond donors (Lipinski definition) is 2. The van der Waals surface area contributed by atoms with E-state index in [1.165, 1.54) is 12.8 Å². The number of carbonyl (C=O) groups excluding carboxylic acids is 1. The molecular weight excluding hydrogens is 258 g/mol. The van der Waals surface area contributed by atoms with Gasteiger partial charge in [-0.15, -0.1) is 0 Å². The molecule has 1 aliphatic rings. The molecule has 0 saturated heterocycles. The van der Waals surface area contributed by atoms with Gasteiger partial charge >= 0.3 is 0 Å². The van der Waals surface area contributed by atoms with Crippen LogP contribution in [0.1, 0.15) is 41.6 Å². The van der Waals surface area contributed by atoms with Gasteiger partial charge in [0.15, 0.2) is 0 Å². The lowest BCUT2D eigenvalue weighted by Gasteiger charge is -2.28. The summed E-state index contributed by atoms with van der Waals surface area (Å²) in [6, 6.07) is 5.35. The molecule has 0 heterocycles. The number of phenols is 1. The molecule has 0 spiro atoms. The van der Waals surface area contributed by atoms with Gasteiger partial charge < -0.3 is 10.4 Å². The quantitative estimate of drug-likeness (QED) is 0.894. The van der Waals surface area contributed by atoms with Crippen LogP contribution in [0.5, 0.6) is 5.75 Å². The Labute approximate surface area is 118 Å². The number of thioether (sulfide) groups is 1. The van der Waals surface area contributed by atoms with Gasteiger partial charge in [0, 0.05) is 22.4 Å². The molecule has 2 rings (SSSR count). The van der Waals surface area contributed by atoms with E-state index in [9.17, 15) is 9.90 Å². The van der Waals surface area contributed by atoms with Crippen LogP contribution in [0.15, 0.2) is 18.2 Å². The van der Waals surface area contributed by atoms with Crippen molar-refractivity contribution in [3.8, 4) is 5.75 Å². The summed E-state index contributed by atoms with van der Waals surface area (Å²) in [6.07, 6.45) is 6.66. The molecule has 0 aromatic heterocycles. The van der Waals surface area contributed by atoms with E-state index >= 15 is 0 Å². The molecule has 0 aliphatic heterocycles. The zero-order chi connectivity index (χ0) is 13.8. The number of rotatable bonds is 3. The zero-order valence-corrected chi connectivity index (χ0v) is 12.3. The molecule has 1 aromatic carbocycles. The number of amides is 1. The lowest BCUT2D eigenvalue weighted by molar-refractivity contribution is 0.0927. The molecule has 1 aromatic rings. The van der Waals surface area contributed by atoms with E-state index in [4.69, 9.17) is 0 Å². The van der Waals surface area contributed by atoms with Crippen LogP contribution in [-0.2, 0) is 0 Å². The number of nitrogens with one attached hydrogen (secondary N) is 1. The predicted molar refractivity (Wildman–Crippen MR) is 79.9 cm³/mol. The molecule has 2 unspecified atom stereocenters. The molecule has 2 atom stereocenters. The van der Waals surface area contributed by atoms with Gasteiger partial charge in [0.05, 0.1) is 0 Å². The monoisotopic (exact) mass is 279 g/mol. The van der Waals surface area contributed by atoms with E-state index < -0.39 is 0 Å². The minimum Gasteiger partial charge on any atom is -0.508 e. The van der Waals surface area contributed by atoms with E-state index in [0.717, 1.165) is 12.8 Å². The van der Waals surface area contributed by atoms with Crippen molar-refractivity contribution in [1.29, 1.82) is 0 Å². The summed E-state index contributed by atoms with van der Waals surface area (Å²) in [5.41, 5.74) is 1.23. The molecule has 4 heteroatoms. The second-order valence-electron chi connectivity index (χ2n) is 5.14. The lowest BCUT2D eigenvalue weighted by Crippen LogP contribution is -2.39. The third-order valence-electron chi connectivity index (χ3n) is 3.84. The first-order valence-corrected chi connectivity index (χ1v) is 8.03. The number of phenolic OH excluding ortho intramolecular Hbond substituents is 1. The highest BCUT2D eigenvalue weighted by Crippen LogP contribution is 2.27. The van der Waals surface area contributed by atoms with Crippen molar-refractivity contribution in [2.75, 3.05) is 6.26 Å². The largest absolute Gasteiger partial charge is 0.508 e. The molecular formula is C15H21NO2S. The molecule has 19 heavy (non-hydrogen) atoms. The third-order valence-corrected chi connectivity index (χ3v) is 4.94. The van der Waals surface area contributed by atoms with Crippen molar-refractivity contribution in [1.82, 2.24) is 5.32 Å². The molecule has 1 fully saturated rings. The van der Waals surface area contributed by atoms with Gasteiger partial charge in [0.1, 0.15) is 5.75 Å². The van der Waals surface area contributed by atoms with Crippen molar-refractivity contribution < 1.29 is 9.90 Å². The Kier molecular flexibility index (Phi) is 4.75. The molecule has 104 valence electrons. The van der Waals surface area contributed by atoms with Crippen LogP contribution in [0, 0.1) is 6.92 Å². The van der Waals surface area contributed by atoms with Crippen LogP contribution in [0.3, 0.4) is 0 Å². The summed E-state index contributed by atoms with van der Waals surface area (Å²) in [7, 11) is 0. The molecule has 1 saturated carbocycles. The van der Waals surface area contributed by atoms with Gasteiger partial charge in [0.2, 0.25) is 0 Å². The third kappa shape index (κ3) is 3.44. The highest BCUT2D eigenvalue weighted by atomic mass is 32.2. The Morgan fingerprint density at radius 2 is 2.21 bits per heavy atom. The van der Waals surface area contributed by atoms with Crippen LogP contribution in [-0.4, -0.2) is 28.6 Å². The first-order valence-electron chi connectivity index (χ1n) is 6.74. The van der Waals surface area contributed by atoms with Crippen LogP contribution in [0.2, 0.25) is 0 Å². The zero-order valence-electron chi connectivity index (χ0n) is 11.5. The van der Waals surface area contributed by atoms with Gasteiger partial charge in [0.25, 0.3) is 5.91 Å². The second kappa shape index (κ2) is 6.33. The fourth-order valence-corrected chi connectivity index (χ4v) is 3.45. The highest BCUT2D eigenvalue weighted by molar-refractivity contribution is 7.99. The van der Waals surface area contributed by atoms with Crippen molar-refractivity contribution >= 4 is 17.7 Å². The van der Waals surface area contributed by atoms with Crippen molar-refractivity contribution in [2.24, 2.45) is 0 Å². The Bertz CT molecular complexity index is 461. The first-order chi connectivity index (χ1) is 9.11. The Hall–Kier alpha value is -1.16. The van der Waals surface area contributed by atoms with E-state index in [1.807, 2.05) is 11.8 Å². The van der Waals surface area contributed by atoms with Gasteiger partial charge in [-0.25, -0.2) is 0 Å². The average molecular weight is 279 g/mol. The minimum absolute atomic E-state index is 0.0693. The van der Waals surface area contributed by atoms with Crippen molar-refractivity contribution in [3.63, 3.8) is 0 Å². The maximum Gasteiger partial charge on any atom is 0.251 e. The smallest absolute Gasteiger partial charge is 0.251 e. The Morgan fingerprint density at radius 3 is 2.95 bits per heavy atom. The fraction of sp³-hybridized carbons (Fsp3) is 0.533. The SMILES string of the molecule is CSC1CCCC(NC(=O)c2cccc(O)c2C)C1. The van der Waals surface area contributed by atoms with Gasteiger partial charge in [-0.2, -0.15) is 11.8 Å². The maximum absolute atomic E-state index is 12.3. The minimum atomic E-state index is -0.0693. The molecule has 1 amide bonds. The van der Waals surface area contributed by atoms with Crippen LogP contribution < -0.4 is 5.32 Å². The number of carbonyl (C=O) groups is 1. The predicted octanol–water partition coefficient (Wildman–Crippen LogP) is 3.10. The Morgan fingerprint density at radius 1 is 1.42 bits per heavy atom. The average Bonchev–Trinajstić information content (AvgIpc) is 2.42. The first kappa shape index (κ1) is 14.3. The summed E-state index contributed by atoms with van der Waals surface area (Å²) < 4.78 is 0. The molecule has 1 aliphatic carbocycles. The number of benzene rings is 1. The van der Waals surface area contributed by atoms with E-state index in [1.54, 1.807) is 25.1 Å². The number of hydrogen-bond acceptors (Lipinski definition) is 3. The van der Waals surface area contributed by atoms with Crippen molar-refractivity contribution in [2.45, 2.75) is 43.9 Å². The van der Waals surface area contributed by atoms with Crippen LogP contribution in [0.25, 0.3) is 0 Å². The fourth-order valence-electron chi connectivity index (χ4n) is 2.62. The Balaban J connectivity index is 2.02. The highest BCUT2D eigenvalue weighted by Gasteiger charge is 2.23. The molecule has 2 N–H and O–H groups in total. The van der Waals surface area contributed by atoms with Crippen LogP contribution in [0.4, 0.5) is 0 Å². The van der Waals surface area contributed by atoms with E-state index in [-0.39, 0.29) is 17.7 Å². The normalized spacial score (nSPS) is 23.1. The van der Waals surface area contributed by atoms with Gasteiger partial charge in [-0.05, 0) is 44.6 Å². The van der Waals surface area contributed by atoms with Gasteiger partial charge in [-0.3, -0.25) is 4.79 Å². The van der Waals surface area contributed by atoms with E-state index in [2.05, 4.69) is 11.6 Å². The van der Waals surface area contributed by atoms with Crippen LogP contribution >= 0.6 is 11.8 Å². The lowest BCUT2D eigenvalue weighted by atomic mass is 9.94. The molecule has 3 nitrogen and oxygen atoms in total. The van der Waals surface area contributed by atoms with E-state index in [0.29, 0.717) is 16.4 Å². The maximum atomic E-state index is 12.3. The summed E-state index contributed by atoms with van der Waals surface area (Å²) in [5.74, 6) is 0.110. The topological polar surface area (TPSA) is 49.3 Å². The summed E-state index contributed by atoms with van der Waals surface area (Å²) in [6.45, 7) is 1.77. The summed E-state index contributed by atoms with van der Waals surface area (Å²) in [5, 5.41) is 13.4. The number of aromatic hydroxyl groups is 1. The van der Waals surface area contributed by atoms with Gasteiger partial charge in [-0.1, -0.05) is 12.5 Å².